The lowest BCUT2D eigenvalue weighted by Crippen LogP contribution is -2.30. The Hall–Kier alpha value is -1.93. The van der Waals surface area contributed by atoms with Gasteiger partial charge in [-0.1, -0.05) is 18.5 Å². The molecule has 2 aromatic heterocycles. The molecule has 0 spiro atoms. The number of fused-ring (bicyclic) bond motifs is 1. The van der Waals surface area contributed by atoms with Crippen LogP contribution in [0, 0.1) is 0 Å². The minimum absolute atomic E-state index is 0.0549. The molecule has 7 nitrogen and oxygen atoms in total. The summed E-state index contributed by atoms with van der Waals surface area (Å²) in [4.78, 5) is 32.3. The van der Waals surface area contributed by atoms with Gasteiger partial charge >= 0.3 is 17.9 Å². The molecular formula is C15H17ClN2O5S. The lowest BCUT2D eigenvalue weighted by atomic mass is 10.3. The summed E-state index contributed by atoms with van der Waals surface area (Å²) in [6, 6.07) is 2.03. The van der Waals surface area contributed by atoms with Crippen molar-refractivity contribution in [2.75, 3.05) is 13.2 Å². The first-order valence-electron chi connectivity index (χ1n) is 7.28. The molecular weight excluding hydrogens is 356 g/mol. The number of rotatable bonds is 7. The SMILES string of the molecule is CCc1cc2c(Cl)nc(OCC(COC(C)=O)OC(C)=O)nc2s1. The Labute approximate surface area is 147 Å². The number of hydrogen-bond donors (Lipinski definition) is 0. The van der Waals surface area contributed by atoms with Gasteiger partial charge in [-0.05, 0) is 12.5 Å². The fourth-order valence-electron chi connectivity index (χ4n) is 1.89. The summed E-state index contributed by atoms with van der Waals surface area (Å²) in [5.74, 6) is -0.977. The highest BCUT2D eigenvalue weighted by atomic mass is 35.5. The maximum Gasteiger partial charge on any atom is 0.319 e. The quantitative estimate of drug-likeness (QED) is 0.545. The van der Waals surface area contributed by atoms with Crippen molar-refractivity contribution in [3.05, 3.63) is 16.1 Å². The van der Waals surface area contributed by atoms with E-state index in [4.69, 9.17) is 25.8 Å². The third-order valence-corrected chi connectivity index (χ3v) is 4.39. The van der Waals surface area contributed by atoms with E-state index in [9.17, 15) is 9.59 Å². The first-order valence-corrected chi connectivity index (χ1v) is 8.47. The lowest BCUT2D eigenvalue weighted by molar-refractivity contribution is -0.158. The van der Waals surface area contributed by atoms with Crippen LogP contribution in [0.3, 0.4) is 0 Å². The predicted octanol–water partition coefficient (Wildman–Crippen LogP) is 2.78. The van der Waals surface area contributed by atoms with Gasteiger partial charge in [0.15, 0.2) is 6.10 Å². The van der Waals surface area contributed by atoms with Gasteiger partial charge in [-0.2, -0.15) is 9.97 Å². The topological polar surface area (TPSA) is 87.6 Å². The van der Waals surface area contributed by atoms with Gasteiger partial charge < -0.3 is 14.2 Å². The number of nitrogens with zero attached hydrogens (tertiary/aromatic N) is 2. The fraction of sp³-hybridized carbons (Fsp3) is 0.467. The molecule has 24 heavy (non-hydrogen) atoms. The Balaban J connectivity index is 2.08. The molecule has 0 saturated heterocycles. The predicted molar refractivity (Wildman–Crippen MR) is 89.5 cm³/mol. The number of thiophene rings is 1. The molecule has 0 N–H and O–H groups in total. The Morgan fingerprint density at radius 2 is 2.00 bits per heavy atom. The van der Waals surface area contributed by atoms with E-state index in [1.54, 1.807) is 0 Å². The highest BCUT2D eigenvalue weighted by molar-refractivity contribution is 7.18. The largest absolute Gasteiger partial charge is 0.462 e. The number of aromatic nitrogens is 2. The normalized spacial score (nSPS) is 12.0. The van der Waals surface area contributed by atoms with Gasteiger partial charge in [0.25, 0.3) is 0 Å². The van der Waals surface area contributed by atoms with Crippen LogP contribution in [0.5, 0.6) is 6.01 Å². The Bertz CT molecular complexity index is 749. The van der Waals surface area contributed by atoms with Gasteiger partial charge in [0.2, 0.25) is 0 Å². The number of aryl methyl sites for hydroxylation is 1. The van der Waals surface area contributed by atoms with Crippen molar-refractivity contribution in [1.29, 1.82) is 0 Å². The fourth-order valence-corrected chi connectivity index (χ4v) is 3.12. The zero-order valence-electron chi connectivity index (χ0n) is 13.5. The van der Waals surface area contributed by atoms with E-state index >= 15 is 0 Å². The maximum atomic E-state index is 11.1. The molecule has 0 fully saturated rings. The molecule has 0 amide bonds. The first-order chi connectivity index (χ1) is 11.4. The Morgan fingerprint density at radius 3 is 2.62 bits per heavy atom. The van der Waals surface area contributed by atoms with Crippen LogP contribution in [0.15, 0.2) is 6.07 Å². The molecule has 0 aliphatic rings. The van der Waals surface area contributed by atoms with Crippen molar-refractivity contribution < 1.29 is 23.8 Å². The molecule has 0 aliphatic heterocycles. The average molecular weight is 373 g/mol. The van der Waals surface area contributed by atoms with Crippen molar-refractivity contribution >= 4 is 45.1 Å². The van der Waals surface area contributed by atoms with Crippen molar-refractivity contribution in [2.45, 2.75) is 33.3 Å². The molecule has 0 radical (unpaired) electrons. The number of hydrogen-bond acceptors (Lipinski definition) is 8. The van der Waals surface area contributed by atoms with Gasteiger partial charge in [0, 0.05) is 24.1 Å². The Kier molecular flexibility index (Phi) is 6.33. The third-order valence-electron chi connectivity index (χ3n) is 2.93. The summed E-state index contributed by atoms with van der Waals surface area (Å²) < 4.78 is 15.3. The average Bonchev–Trinajstić information content (AvgIpc) is 2.93. The van der Waals surface area contributed by atoms with Crippen LogP contribution in [0.1, 0.15) is 25.6 Å². The molecule has 9 heteroatoms. The molecule has 0 bridgehead atoms. The summed E-state index contributed by atoms with van der Waals surface area (Å²) in [6.07, 6.45) is 0.129. The van der Waals surface area contributed by atoms with E-state index in [1.807, 2.05) is 13.0 Å². The molecule has 1 atom stereocenters. The highest BCUT2D eigenvalue weighted by Crippen LogP contribution is 2.30. The second kappa shape index (κ2) is 8.25. The zero-order valence-corrected chi connectivity index (χ0v) is 15.1. The maximum absolute atomic E-state index is 11.1. The molecule has 2 aromatic rings. The van der Waals surface area contributed by atoms with E-state index in [0.717, 1.165) is 21.5 Å². The van der Waals surface area contributed by atoms with Crippen LogP contribution in [-0.4, -0.2) is 41.2 Å². The number of carbonyl (C=O) groups excluding carboxylic acids is 2. The summed E-state index contributed by atoms with van der Waals surface area (Å²) in [5.41, 5.74) is 0. The smallest absolute Gasteiger partial charge is 0.319 e. The standard InChI is InChI=1S/C15H17ClN2O5S/c1-4-11-5-12-13(16)17-15(18-14(12)24-11)22-7-10(23-9(3)20)6-21-8(2)19/h5,10H,4,6-7H2,1-3H3. The number of esters is 2. The van der Waals surface area contributed by atoms with Crippen LogP contribution in [-0.2, 0) is 25.5 Å². The van der Waals surface area contributed by atoms with E-state index in [2.05, 4.69) is 9.97 Å². The van der Waals surface area contributed by atoms with Crippen molar-refractivity contribution in [3.8, 4) is 6.01 Å². The van der Waals surface area contributed by atoms with Gasteiger partial charge in [0.1, 0.15) is 23.2 Å². The van der Waals surface area contributed by atoms with Crippen LogP contribution >= 0.6 is 22.9 Å². The monoisotopic (exact) mass is 372 g/mol. The van der Waals surface area contributed by atoms with Crippen LogP contribution in [0.25, 0.3) is 10.2 Å². The van der Waals surface area contributed by atoms with Crippen LogP contribution < -0.4 is 4.74 Å². The van der Waals surface area contributed by atoms with E-state index in [0.29, 0.717) is 5.15 Å². The van der Waals surface area contributed by atoms with Gasteiger partial charge in [-0.25, -0.2) is 0 Å². The molecule has 130 valence electrons. The molecule has 2 heterocycles. The van der Waals surface area contributed by atoms with E-state index in [-0.39, 0.29) is 19.2 Å². The third kappa shape index (κ3) is 5.04. The van der Waals surface area contributed by atoms with Crippen LogP contribution in [0.2, 0.25) is 5.15 Å². The second-order valence-electron chi connectivity index (χ2n) is 4.93. The number of halogens is 1. The molecule has 2 rings (SSSR count). The highest BCUT2D eigenvalue weighted by Gasteiger charge is 2.17. The van der Waals surface area contributed by atoms with Crippen molar-refractivity contribution in [2.24, 2.45) is 0 Å². The second-order valence-corrected chi connectivity index (χ2v) is 6.40. The van der Waals surface area contributed by atoms with Gasteiger partial charge in [0.05, 0.1) is 0 Å². The van der Waals surface area contributed by atoms with Crippen molar-refractivity contribution in [1.82, 2.24) is 9.97 Å². The van der Waals surface area contributed by atoms with Gasteiger partial charge in [-0.15, -0.1) is 11.3 Å². The molecule has 0 saturated carbocycles. The zero-order chi connectivity index (χ0) is 17.7. The molecule has 1 unspecified atom stereocenters. The van der Waals surface area contributed by atoms with E-state index in [1.165, 1.54) is 25.2 Å². The summed E-state index contributed by atoms with van der Waals surface area (Å²) in [5, 5.41) is 1.08. The van der Waals surface area contributed by atoms with Gasteiger partial charge in [-0.3, -0.25) is 9.59 Å². The first kappa shape index (κ1) is 18.4. The summed E-state index contributed by atoms with van der Waals surface area (Å²) >= 11 is 7.67. The molecule has 0 aromatic carbocycles. The minimum Gasteiger partial charge on any atom is -0.462 e. The Morgan fingerprint density at radius 1 is 1.25 bits per heavy atom. The summed E-state index contributed by atoms with van der Waals surface area (Å²) in [7, 11) is 0. The lowest BCUT2D eigenvalue weighted by Gasteiger charge is -2.16. The number of carbonyl (C=O) groups is 2. The van der Waals surface area contributed by atoms with Crippen molar-refractivity contribution in [3.63, 3.8) is 0 Å². The number of ether oxygens (including phenoxy) is 3. The van der Waals surface area contributed by atoms with Crippen LogP contribution in [0.4, 0.5) is 0 Å². The minimum atomic E-state index is -0.751. The van der Waals surface area contributed by atoms with E-state index < -0.39 is 18.0 Å². The summed E-state index contributed by atoms with van der Waals surface area (Å²) in [6.45, 7) is 4.41. The molecule has 0 aliphatic carbocycles.